The van der Waals surface area contributed by atoms with Gasteiger partial charge in [-0.2, -0.15) is 13.2 Å². The molecule has 0 unspecified atom stereocenters. The molecule has 0 atom stereocenters. The Hall–Kier alpha value is -1.82. The lowest BCUT2D eigenvalue weighted by molar-refractivity contribution is -0.0968. The normalized spacial score (nSPS) is 12.4. The SMILES string of the molecule is NN/C(=C/C(=O)c1ccccc1)C(F)(F)F. The molecule has 0 radical (unpaired) electrons. The largest absolute Gasteiger partial charge is 0.432 e. The fourth-order valence-corrected chi connectivity index (χ4v) is 1.02. The fourth-order valence-electron chi connectivity index (χ4n) is 1.02. The van der Waals surface area contributed by atoms with Crippen LogP contribution in [0.1, 0.15) is 10.4 Å². The van der Waals surface area contributed by atoms with Crippen molar-refractivity contribution in [1.29, 1.82) is 0 Å². The molecular weight excluding hydrogens is 221 g/mol. The third-order valence-corrected chi connectivity index (χ3v) is 1.79. The molecule has 0 aromatic heterocycles. The highest BCUT2D eigenvalue weighted by atomic mass is 19.4. The van der Waals surface area contributed by atoms with Gasteiger partial charge in [-0.1, -0.05) is 30.3 Å². The van der Waals surface area contributed by atoms with Crippen molar-refractivity contribution in [2.45, 2.75) is 6.18 Å². The summed E-state index contributed by atoms with van der Waals surface area (Å²) in [5, 5.41) is 0. The molecule has 3 nitrogen and oxygen atoms in total. The minimum absolute atomic E-state index is 0.166. The number of allylic oxidation sites excluding steroid dienone is 2. The van der Waals surface area contributed by atoms with Crippen molar-refractivity contribution in [3.63, 3.8) is 0 Å². The maximum absolute atomic E-state index is 12.2. The lowest BCUT2D eigenvalue weighted by Gasteiger charge is -2.09. The summed E-state index contributed by atoms with van der Waals surface area (Å²) in [5.74, 6) is 3.94. The average molecular weight is 230 g/mol. The molecule has 0 fully saturated rings. The van der Waals surface area contributed by atoms with Gasteiger partial charge in [0.25, 0.3) is 0 Å². The second-order valence-electron chi connectivity index (χ2n) is 2.93. The number of benzene rings is 1. The van der Waals surface area contributed by atoms with E-state index in [1.165, 1.54) is 17.6 Å². The van der Waals surface area contributed by atoms with Crippen molar-refractivity contribution in [3.05, 3.63) is 47.7 Å². The number of nitrogens with one attached hydrogen (secondary N) is 1. The standard InChI is InChI=1S/C10H9F3N2O/c11-10(12,13)9(15-14)6-8(16)7-4-2-1-3-5-7/h1-6,15H,14H2/b9-6+. The summed E-state index contributed by atoms with van der Waals surface area (Å²) in [4.78, 5) is 11.4. The summed E-state index contributed by atoms with van der Waals surface area (Å²) in [5.41, 5.74) is 0.348. The molecular formula is C10H9F3N2O. The Kier molecular flexibility index (Phi) is 3.68. The van der Waals surface area contributed by atoms with Crippen molar-refractivity contribution >= 4 is 5.78 Å². The van der Waals surface area contributed by atoms with E-state index in [0.29, 0.717) is 6.08 Å². The second-order valence-corrected chi connectivity index (χ2v) is 2.93. The van der Waals surface area contributed by atoms with Crippen LogP contribution < -0.4 is 11.3 Å². The average Bonchev–Trinajstić information content (AvgIpc) is 2.25. The first-order chi connectivity index (χ1) is 7.45. The summed E-state index contributed by atoms with van der Waals surface area (Å²) in [6.45, 7) is 0. The minimum Gasteiger partial charge on any atom is -0.320 e. The van der Waals surface area contributed by atoms with Crippen LogP contribution in [0.25, 0.3) is 0 Å². The van der Waals surface area contributed by atoms with Crippen molar-refractivity contribution in [2.24, 2.45) is 5.84 Å². The van der Waals surface area contributed by atoms with Gasteiger partial charge < -0.3 is 5.43 Å². The number of carbonyl (C=O) groups is 1. The fraction of sp³-hybridized carbons (Fsp3) is 0.100. The molecule has 0 amide bonds. The van der Waals surface area contributed by atoms with E-state index in [-0.39, 0.29) is 5.56 Å². The van der Waals surface area contributed by atoms with Crippen LogP contribution in [0.5, 0.6) is 0 Å². The number of hydrogen-bond donors (Lipinski definition) is 2. The number of alkyl halides is 3. The van der Waals surface area contributed by atoms with Gasteiger partial charge >= 0.3 is 6.18 Å². The number of ketones is 1. The van der Waals surface area contributed by atoms with Crippen LogP contribution in [0, 0.1) is 0 Å². The van der Waals surface area contributed by atoms with E-state index in [9.17, 15) is 18.0 Å². The number of hydrogen-bond acceptors (Lipinski definition) is 3. The molecule has 1 rings (SSSR count). The summed E-state index contributed by atoms with van der Waals surface area (Å²) in [6, 6.07) is 7.62. The van der Waals surface area contributed by atoms with Gasteiger partial charge in [0.1, 0.15) is 5.70 Å². The highest BCUT2D eigenvalue weighted by Crippen LogP contribution is 2.23. The van der Waals surface area contributed by atoms with Gasteiger partial charge in [0.2, 0.25) is 0 Å². The number of nitrogens with two attached hydrogens (primary N) is 1. The molecule has 0 aliphatic rings. The highest BCUT2D eigenvalue weighted by molar-refractivity contribution is 6.04. The molecule has 0 saturated heterocycles. The molecule has 1 aromatic rings. The number of hydrazine groups is 1. The molecule has 0 saturated carbocycles. The number of halogens is 3. The predicted molar refractivity (Wildman–Crippen MR) is 52.2 cm³/mol. The van der Waals surface area contributed by atoms with Crippen LogP contribution in [0.15, 0.2) is 42.1 Å². The van der Waals surface area contributed by atoms with Crippen molar-refractivity contribution in [3.8, 4) is 0 Å². The summed E-state index contributed by atoms with van der Waals surface area (Å²) < 4.78 is 36.7. The van der Waals surface area contributed by atoms with E-state index in [4.69, 9.17) is 5.84 Å². The minimum atomic E-state index is -4.67. The summed E-state index contributed by atoms with van der Waals surface area (Å²) in [7, 11) is 0. The molecule has 86 valence electrons. The Labute approximate surface area is 89.7 Å². The van der Waals surface area contributed by atoms with Gasteiger partial charge in [-0.05, 0) is 0 Å². The number of carbonyl (C=O) groups excluding carboxylic acids is 1. The van der Waals surface area contributed by atoms with Gasteiger partial charge in [0, 0.05) is 11.6 Å². The zero-order valence-corrected chi connectivity index (χ0v) is 8.08. The van der Waals surface area contributed by atoms with Gasteiger partial charge in [0.15, 0.2) is 5.78 Å². The molecule has 0 bridgehead atoms. The van der Waals surface area contributed by atoms with Crippen molar-refractivity contribution < 1.29 is 18.0 Å². The third-order valence-electron chi connectivity index (χ3n) is 1.79. The van der Waals surface area contributed by atoms with Gasteiger partial charge in [0.05, 0.1) is 0 Å². The first-order valence-electron chi connectivity index (χ1n) is 4.30. The van der Waals surface area contributed by atoms with E-state index < -0.39 is 17.7 Å². The molecule has 6 heteroatoms. The monoisotopic (exact) mass is 230 g/mol. The quantitative estimate of drug-likeness (QED) is 0.360. The maximum Gasteiger partial charge on any atom is 0.432 e. The lowest BCUT2D eigenvalue weighted by atomic mass is 10.1. The van der Waals surface area contributed by atoms with E-state index in [0.717, 1.165) is 0 Å². The zero-order valence-electron chi connectivity index (χ0n) is 8.08. The van der Waals surface area contributed by atoms with E-state index in [1.807, 2.05) is 0 Å². The van der Waals surface area contributed by atoms with Gasteiger partial charge in [-0.25, -0.2) is 0 Å². The second kappa shape index (κ2) is 4.80. The predicted octanol–water partition coefficient (Wildman–Crippen LogP) is 1.78. The Morgan fingerprint density at radius 1 is 1.25 bits per heavy atom. The lowest BCUT2D eigenvalue weighted by Crippen LogP contribution is -2.32. The maximum atomic E-state index is 12.2. The van der Waals surface area contributed by atoms with Gasteiger partial charge in [-0.3, -0.25) is 10.6 Å². The Morgan fingerprint density at radius 2 is 1.81 bits per heavy atom. The van der Waals surface area contributed by atoms with E-state index in [2.05, 4.69) is 0 Å². The van der Waals surface area contributed by atoms with Gasteiger partial charge in [-0.15, -0.1) is 0 Å². The van der Waals surface area contributed by atoms with Crippen LogP contribution in [0.4, 0.5) is 13.2 Å². The van der Waals surface area contributed by atoms with Crippen LogP contribution >= 0.6 is 0 Å². The molecule has 16 heavy (non-hydrogen) atoms. The molecule has 1 aromatic carbocycles. The molecule has 0 heterocycles. The highest BCUT2D eigenvalue weighted by Gasteiger charge is 2.34. The van der Waals surface area contributed by atoms with Crippen LogP contribution in [0.2, 0.25) is 0 Å². The Bertz CT molecular complexity index is 398. The Balaban J connectivity index is 2.96. The van der Waals surface area contributed by atoms with Crippen molar-refractivity contribution in [2.75, 3.05) is 0 Å². The van der Waals surface area contributed by atoms with Crippen molar-refractivity contribution in [1.82, 2.24) is 5.43 Å². The zero-order chi connectivity index (χ0) is 12.2. The smallest absolute Gasteiger partial charge is 0.320 e. The van der Waals surface area contributed by atoms with E-state index in [1.54, 1.807) is 18.2 Å². The molecule has 0 aliphatic carbocycles. The topological polar surface area (TPSA) is 55.1 Å². The van der Waals surface area contributed by atoms with Crippen LogP contribution in [-0.2, 0) is 0 Å². The van der Waals surface area contributed by atoms with Crippen LogP contribution in [0.3, 0.4) is 0 Å². The Morgan fingerprint density at radius 3 is 2.25 bits per heavy atom. The summed E-state index contributed by atoms with van der Waals surface area (Å²) in [6.07, 6.45) is -4.24. The van der Waals surface area contributed by atoms with E-state index >= 15 is 0 Å². The van der Waals surface area contributed by atoms with Crippen LogP contribution in [-0.4, -0.2) is 12.0 Å². The number of rotatable bonds is 3. The summed E-state index contributed by atoms with van der Waals surface area (Å²) >= 11 is 0. The molecule has 3 N–H and O–H groups in total. The molecule has 0 spiro atoms. The molecule has 0 aliphatic heterocycles. The first-order valence-corrected chi connectivity index (χ1v) is 4.30. The first kappa shape index (κ1) is 12.3. The third kappa shape index (κ3) is 3.09.